The number of primary amides is 1. The van der Waals surface area contributed by atoms with Gasteiger partial charge in [-0.1, -0.05) is 12.1 Å². The Bertz CT molecular complexity index is 659. The SMILES string of the molecule is COc1ccc(CNc2nc(O)c(F)cc2C(N)=O)cc1. The van der Waals surface area contributed by atoms with Crippen LogP contribution in [0.15, 0.2) is 30.3 Å². The van der Waals surface area contributed by atoms with Gasteiger partial charge < -0.3 is 20.9 Å². The first kappa shape index (κ1) is 14.6. The number of nitrogens with one attached hydrogen (secondary N) is 1. The fourth-order valence-corrected chi connectivity index (χ4v) is 1.73. The fraction of sp³-hybridized carbons (Fsp3) is 0.143. The molecule has 1 heterocycles. The lowest BCUT2D eigenvalue weighted by Gasteiger charge is -2.10. The van der Waals surface area contributed by atoms with Crippen LogP contribution in [0.5, 0.6) is 11.6 Å². The number of carbonyl (C=O) groups is 1. The number of amides is 1. The highest BCUT2D eigenvalue weighted by Gasteiger charge is 2.15. The predicted octanol–water partition coefficient (Wildman–Crippen LogP) is 1.65. The zero-order chi connectivity index (χ0) is 15.4. The Morgan fingerprint density at radius 1 is 1.43 bits per heavy atom. The van der Waals surface area contributed by atoms with Crippen LogP contribution in [0.25, 0.3) is 0 Å². The summed E-state index contributed by atoms with van der Waals surface area (Å²) in [6, 6.07) is 8.04. The average Bonchev–Trinajstić information content (AvgIpc) is 2.48. The lowest BCUT2D eigenvalue weighted by atomic mass is 10.2. The number of nitrogens with two attached hydrogens (primary N) is 1. The number of nitrogens with zero attached hydrogens (tertiary/aromatic N) is 1. The van der Waals surface area contributed by atoms with E-state index in [0.717, 1.165) is 11.6 Å². The molecule has 4 N–H and O–H groups in total. The number of pyridine rings is 1. The van der Waals surface area contributed by atoms with E-state index in [-0.39, 0.29) is 11.4 Å². The highest BCUT2D eigenvalue weighted by Crippen LogP contribution is 2.21. The first-order chi connectivity index (χ1) is 10.0. The molecule has 0 saturated carbocycles. The summed E-state index contributed by atoms with van der Waals surface area (Å²) in [5.41, 5.74) is 5.92. The molecule has 1 amide bonds. The third-order valence-corrected chi connectivity index (χ3v) is 2.84. The molecule has 0 aliphatic carbocycles. The molecule has 1 aromatic carbocycles. The maximum Gasteiger partial charge on any atom is 0.252 e. The number of hydrogen-bond acceptors (Lipinski definition) is 5. The standard InChI is InChI=1S/C14H14FN3O3/c1-21-9-4-2-8(3-5-9)7-17-13-10(12(16)19)6-11(15)14(20)18-13/h2-6H,7H2,1H3,(H2,16,19)(H2,17,18,20). The number of hydrogen-bond donors (Lipinski definition) is 3. The van der Waals surface area contributed by atoms with Crippen molar-refractivity contribution in [2.75, 3.05) is 12.4 Å². The minimum atomic E-state index is -1.00. The van der Waals surface area contributed by atoms with Crippen molar-refractivity contribution < 1.29 is 19.0 Å². The second-order valence-electron chi connectivity index (χ2n) is 4.26. The largest absolute Gasteiger partial charge is 0.497 e. The van der Waals surface area contributed by atoms with Gasteiger partial charge in [0.25, 0.3) is 5.91 Å². The summed E-state index contributed by atoms with van der Waals surface area (Å²) < 4.78 is 18.2. The van der Waals surface area contributed by atoms with E-state index in [9.17, 15) is 14.3 Å². The van der Waals surface area contributed by atoms with Crippen molar-refractivity contribution in [3.05, 3.63) is 47.3 Å². The molecule has 1 aromatic heterocycles. The highest BCUT2D eigenvalue weighted by molar-refractivity contribution is 5.97. The van der Waals surface area contributed by atoms with Crippen LogP contribution in [0.1, 0.15) is 15.9 Å². The molecular weight excluding hydrogens is 277 g/mol. The first-order valence-corrected chi connectivity index (χ1v) is 6.07. The van der Waals surface area contributed by atoms with E-state index >= 15 is 0 Å². The van der Waals surface area contributed by atoms with E-state index in [1.807, 2.05) is 12.1 Å². The van der Waals surface area contributed by atoms with Gasteiger partial charge >= 0.3 is 0 Å². The van der Waals surface area contributed by atoms with E-state index < -0.39 is 17.6 Å². The van der Waals surface area contributed by atoms with Gasteiger partial charge in [-0.25, -0.2) is 4.39 Å². The monoisotopic (exact) mass is 291 g/mol. The Kier molecular flexibility index (Phi) is 4.22. The Morgan fingerprint density at radius 2 is 2.10 bits per heavy atom. The van der Waals surface area contributed by atoms with Crippen molar-refractivity contribution in [1.82, 2.24) is 4.98 Å². The molecule has 110 valence electrons. The van der Waals surface area contributed by atoms with Crippen molar-refractivity contribution in [2.45, 2.75) is 6.54 Å². The molecule has 0 spiro atoms. The smallest absolute Gasteiger partial charge is 0.252 e. The van der Waals surface area contributed by atoms with Crippen molar-refractivity contribution in [3.63, 3.8) is 0 Å². The Balaban J connectivity index is 2.18. The minimum absolute atomic E-state index is 0.0252. The van der Waals surface area contributed by atoms with Crippen molar-refractivity contribution in [2.24, 2.45) is 5.73 Å². The number of aromatic nitrogens is 1. The van der Waals surface area contributed by atoms with Crippen LogP contribution < -0.4 is 15.8 Å². The molecule has 0 atom stereocenters. The third kappa shape index (κ3) is 3.38. The van der Waals surface area contributed by atoms with E-state index in [2.05, 4.69) is 10.3 Å². The minimum Gasteiger partial charge on any atom is -0.497 e. The second kappa shape index (κ2) is 6.08. The average molecular weight is 291 g/mol. The number of carbonyl (C=O) groups excluding carboxylic acids is 1. The lowest BCUT2D eigenvalue weighted by molar-refractivity contribution is 0.1000. The highest BCUT2D eigenvalue weighted by atomic mass is 19.1. The van der Waals surface area contributed by atoms with Crippen LogP contribution in [0.4, 0.5) is 10.2 Å². The molecule has 0 saturated heterocycles. The van der Waals surface area contributed by atoms with Gasteiger partial charge in [0.2, 0.25) is 5.88 Å². The molecule has 0 aliphatic rings. The molecule has 21 heavy (non-hydrogen) atoms. The van der Waals surface area contributed by atoms with Crippen LogP contribution >= 0.6 is 0 Å². The summed E-state index contributed by atoms with van der Waals surface area (Å²) in [7, 11) is 1.57. The van der Waals surface area contributed by atoms with Crippen LogP contribution in [-0.4, -0.2) is 23.1 Å². The Hall–Kier alpha value is -2.83. The van der Waals surface area contributed by atoms with E-state index in [1.165, 1.54) is 0 Å². The molecule has 0 aliphatic heterocycles. The third-order valence-electron chi connectivity index (χ3n) is 2.84. The van der Waals surface area contributed by atoms with Gasteiger partial charge in [-0.3, -0.25) is 4.79 Å². The van der Waals surface area contributed by atoms with E-state index in [1.54, 1.807) is 19.2 Å². The fourth-order valence-electron chi connectivity index (χ4n) is 1.73. The van der Waals surface area contributed by atoms with Gasteiger partial charge in [-0.15, -0.1) is 0 Å². The van der Waals surface area contributed by atoms with Gasteiger partial charge in [0.1, 0.15) is 11.6 Å². The first-order valence-electron chi connectivity index (χ1n) is 6.07. The number of aromatic hydroxyl groups is 1. The molecule has 0 fully saturated rings. The lowest BCUT2D eigenvalue weighted by Crippen LogP contribution is -2.16. The molecule has 7 heteroatoms. The van der Waals surface area contributed by atoms with Crippen LogP contribution in [0.2, 0.25) is 0 Å². The van der Waals surface area contributed by atoms with Crippen LogP contribution in [0, 0.1) is 5.82 Å². The summed E-state index contributed by atoms with van der Waals surface area (Å²) >= 11 is 0. The zero-order valence-electron chi connectivity index (χ0n) is 11.3. The van der Waals surface area contributed by atoms with Gasteiger partial charge in [0.15, 0.2) is 5.82 Å². The number of anilines is 1. The topological polar surface area (TPSA) is 97.5 Å². The summed E-state index contributed by atoms with van der Waals surface area (Å²) in [4.78, 5) is 14.8. The molecule has 2 rings (SSSR count). The van der Waals surface area contributed by atoms with Gasteiger partial charge in [0, 0.05) is 6.54 Å². The summed E-state index contributed by atoms with van der Waals surface area (Å²) in [5.74, 6) is -1.89. The normalized spacial score (nSPS) is 10.2. The van der Waals surface area contributed by atoms with Gasteiger partial charge in [-0.2, -0.15) is 4.98 Å². The summed E-state index contributed by atoms with van der Waals surface area (Å²) in [6.45, 7) is 0.322. The molecule has 0 unspecified atom stereocenters. The number of halogens is 1. The number of rotatable bonds is 5. The number of methoxy groups -OCH3 is 1. The second-order valence-corrected chi connectivity index (χ2v) is 4.26. The van der Waals surface area contributed by atoms with Crippen LogP contribution in [-0.2, 0) is 6.54 Å². The number of benzene rings is 1. The maximum atomic E-state index is 13.2. The molecule has 6 nitrogen and oxygen atoms in total. The predicted molar refractivity (Wildman–Crippen MR) is 74.7 cm³/mol. The van der Waals surface area contributed by atoms with Crippen LogP contribution in [0.3, 0.4) is 0 Å². The zero-order valence-corrected chi connectivity index (χ0v) is 11.3. The molecule has 0 radical (unpaired) electrons. The van der Waals surface area contributed by atoms with Crippen molar-refractivity contribution in [3.8, 4) is 11.6 Å². The van der Waals surface area contributed by atoms with Crippen molar-refractivity contribution >= 4 is 11.7 Å². The summed E-state index contributed by atoms with van der Waals surface area (Å²) in [6.07, 6.45) is 0. The molecular formula is C14H14FN3O3. The van der Waals surface area contributed by atoms with Gasteiger partial charge in [-0.05, 0) is 23.8 Å². The molecule has 0 bridgehead atoms. The van der Waals surface area contributed by atoms with Crippen molar-refractivity contribution in [1.29, 1.82) is 0 Å². The van der Waals surface area contributed by atoms with E-state index in [0.29, 0.717) is 12.3 Å². The Labute approximate surface area is 120 Å². The quantitative estimate of drug-likeness (QED) is 0.778. The molecule has 2 aromatic rings. The van der Waals surface area contributed by atoms with E-state index in [4.69, 9.17) is 10.5 Å². The maximum absolute atomic E-state index is 13.2. The summed E-state index contributed by atoms with van der Waals surface area (Å²) in [5, 5.41) is 12.1. The Morgan fingerprint density at radius 3 is 2.67 bits per heavy atom. The van der Waals surface area contributed by atoms with Gasteiger partial charge in [0.05, 0.1) is 12.7 Å². The number of ether oxygens (including phenoxy) is 1.